The van der Waals surface area contributed by atoms with Crippen LogP contribution >= 0.6 is 11.6 Å². The van der Waals surface area contributed by atoms with E-state index in [2.05, 4.69) is 5.10 Å². The van der Waals surface area contributed by atoms with Crippen molar-refractivity contribution in [3.63, 3.8) is 0 Å². The summed E-state index contributed by atoms with van der Waals surface area (Å²) in [6.07, 6.45) is 0. The van der Waals surface area contributed by atoms with Crippen molar-refractivity contribution < 1.29 is 19.2 Å². The molecule has 0 radical (unpaired) electrons. The quantitative estimate of drug-likeness (QED) is 0.440. The van der Waals surface area contributed by atoms with Crippen LogP contribution in [0.5, 0.6) is 0 Å². The number of esters is 1. The lowest BCUT2D eigenvalue weighted by atomic mass is 10.4. The maximum atomic E-state index is 11.3. The molecule has 1 heterocycles. The number of nitrogens with zero attached hydrogens (tertiary/aromatic N) is 3. The molecule has 0 unspecified atom stereocenters. The first kappa shape index (κ1) is 14.4. The van der Waals surface area contributed by atoms with Gasteiger partial charge in [0.05, 0.1) is 18.1 Å². The molecule has 1 rings (SSSR count). The van der Waals surface area contributed by atoms with Crippen molar-refractivity contribution in [1.29, 1.82) is 0 Å². The van der Waals surface area contributed by atoms with Gasteiger partial charge in [-0.1, -0.05) is 11.6 Å². The SMILES string of the molecule is CCOC(=O)Cn1nc(COC)c([N+](=O)[O-])c1Cl. The van der Waals surface area contributed by atoms with Crippen LogP contribution in [0.4, 0.5) is 5.69 Å². The minimum atomic E-state index is -0.661. The molecule has 0 bridgehead atoms. The van der Waals surface area contributed by atoms with Gasteiger partial charge >= 0.3 is 11.7 Å². The highest BCUT2D eigenvalue weighted by atomic mass is 35.5. The van der Waals surface area contributed by atoms with E-state index in [0.717, 1.165) is 4.68 Å². The van der Waals surface area contributed by atoms with Crippen molar-refractivity contribution in [2.24, 2.45) is 0 Å². The highest BCUT2D eigenvalue weighted by Crippen LogP contribution is 2.28. The maximum Gasteiger partial charge on any atom is 0.331 e. The number of carbonyl (C=O) groups is 1. The Labute approximate surface area is 108 Å². The Morgan fingerprint density at radius 2 is 2.28 bits per heavy atom. The molecule has 0 atom stereocenters. The molecular weight excluding hydrogens is 266 g/mol. The Bertz CT molecular complexity index is 459. The van der Waals surface area contributed by atoms with Crippen molar-refractivity contribution in [1.82, 2.24) is 9.78 Å². The molecule has 8 nitrogen and oxygen atoms in total. The van der Waals surface area contributed by atoms with E-state index in [0.29, 0.717) is 0 Å². The smallest absolute Gasteiger partial charge is 0.331 e. The van der Waals surface area contributed by atoms with Crippen molar-refractivity contribution >= 4 is 23.3 Å². The molecule has 0 amide bonds. The molecule has 100 valence electrons. The number of ether oxygens (including phenoxy) is 2. The van der Waals surface area contributed by atoms with Gasteiger partial charge in [-0.15, -0.1) is 0 Å². The molecule has 0 aromatic carbocycles. The van der Waals surface area contributed by atoms with Crippen molar-refractivity contribution in [3.05, 3.63) is 21.0 Å². The largest absolute Gasteiger partial charge is 0.465 e. The lowest BCUT2D eigenvalue weighted by Gasteiger charge is -2.01. The second kappa shape index (κ2) is 6.31. The molecule has 0 fully saturated rings. The molecule has 0 N–H and O–H groups in total. The average Bonchev–Trinajstić information content (AvgIpc) is 2.56. The van der Waals surface area contributed by atoms with Crippen LogP contribution in [0.2, 0.25) is 5.15 Å². The first-order chi connectivity index (χ1) is 8.51. The Morgan fingerprint density at radius 3 is 2.78 bits per heavy atom. The second-order valence-corrected chi connectivity index (χ2v) is 3.60. The third kappa shape index (κ3) is 3.17. The predicted molar refractivity (Wildman–Crippen MR) is 61.2 cm³/mol. The lowest BCUT2D eigenvalue weighted by molar-refractivity contribution is -0.385. The van der Waals surface area contributed by atoms with E-state index in [1.165, 1.54) is 7.11 Å². The molecular formula is C9H12ClN3O5. The summed E-state index contributed by atoms with van der Waals surface area (Å²) in [5.74, 6) is -0.569. The Kier molecular flexibility index (Phi) is 5.05. The number of carbonyl (C=O) groups excluding carboxylic acids is 1. The number of rotatable bonds is 6. The summed E-state index contributed by atoms with van der Waals surface area (Å²) in [7, 11) is 1.38. The molecule has 0 spiro atoms. The van der Waals surface area contributed by atoms with Gasteiger partial charge < -0.3 is 9.47 Å². The van der Waals surface area contributed by atoms with Crippen LogP contribution in [0.3, 0.4) is 0 Å². The number of methoxy groups -OCH3 is 1. The fourth-order valence-electron chi connectivity index (χ4n) is 1.33. The zero-order valence-electron chi connectivity index (χ0n) is 9.88. The number of aromatic nitrogens is 2. The average molecular weight is 278 g/mol. The summed E-state index contributed by atoms with van der Waals surface area (Å²) in [6.45, 7) is 1.52. The van der Waals surface area contributed by atoms with E-state index in [4.69, 9.17) is 21.1 Å². The molecule has 0 saturated heterocycles. The molecule has 0 aliphatic heterocycles. The summed E-state index contributed by atoms with van der Waals surface area (Å²) in [4.78, 5) is 21.4. The van der Waals surface area contributed by atoms with Crippen molar-refractivity contribution in [2.45, 2.75) is 20.1 Å². The van der Waals surface area contributed by atoms with Crippen LogP contribution in [0.25, 0.3) is 0 Å². The molecule has 18 heavy (non-hydrogen) atoms. The van der Waals surface area contributed by atoms with Crippen molar-refractivity contribution in [3.8, 4) is 0 Å². The van der Waals surface area contributed by atoms with Gasteiger partial charge in [-0.25, -0.2) is 4.68 Å². The number of halogens is 1. The highest BCUT2D eigenvalue weighted by molar-refractivity contribution is 6.31. The summed E-state index contributed by atoms with van der Waals surface area (Å²) < 4.78 is 10.5. The summed E-state index contributed by atoms with van der Waals surface area (Å²) >= 11 is 5.80. The number of nitro groups is 1. The first-order valence-corrected chi connectivity index (χ1v) is 5.43. The standard InChI is InChI=1S/C9H12ClN3O5/c1-3-18-7(14)4-12-9(10)8(13(15)16)6(11-12)5-17-2/h3-5H2,1-2H3. The van der Waals surface area contributed by atoms with Gasteiger partial charge in [0.1, 0.15) is 6.54 Å². The molecule has 0 aliphatic rings. The number of hydrogen-bond donors (Lipinski definition) is 0. The maximum absolute atomic E-state index is 11.3. The van der Waals surface area contributed by atoms with E-state index in [-0.39, 0.29) is 36.3 Å². The van der Waals surface area contributed by atoms with E-state index >= 15 is 0 Å². The van der Waals surface area contributed by atoms with Crippen LogP contribution < -0.4 is 0 Å². The van der Waals surface area contributed by atoms with Gasteiger partial charge in [0.2, 0.25) is 5.15 Å². The second-order valence-electron chi connectivity index (χ2n) is 3.24. The Morgan fingerprint density at radius 1 is 1.61 bits per heavy atom. The monoisotopic (exact) mass is 277 g/mol. The van der Waals surface area contributed by atoms with Crippen molar-refractivity contribution in [2.75, 3.05) is 13.7 Å². The van der Waals surface area contributed by atoms with E-state index in [9.17, 15) is 14.9 Å². The topological polar surface area (TPSA) is 96.5 Å². The van der Waals surface area contributed by atoms with Crippen LogP contribution in [0.1, 0.15) is 12.6 Å². The zero-order chi connectivity index (χ0) is 13.7. The molecule has 9 heteroatoms. The van der Waals surface area contributed by atoms with Crippen LogP contribution in [-0.2, 0) is 27.4 Å². The van der Waals surface area contributed by atoms with E-state index in [1.54, 1.807) is 6.92 Å². The molecule has 0 aliphatic carbocycles. The van der Waals surface area contributed by atoms with Crippen LogP contribution in [0, 0.1) is 10.1 Å². The highest BCUT2D eigenvalue weighted by Gasteiger charge is 2.27. The molecule has 1 aromatic heterocycles. The lowest BCUT2D eigenvalue weighted by Crippen LogP contribution is -2.14. The van der Waals surface area contributed by atoms with Gasteiger partial charge in [0, 0.05) is 7.11 Å². The molecule has 0 saturated carbocycles. The van der Waals surface area contributed by atoms with Gasteiger partial charge in [-0.05, 0) is 6.92 Å². The van der Waals surface area contributed by atoms with Crippen LogP contribution in [0.15, 0.2) is 0 Å². The Hall–Kier alpha value is -1.67. The number of hydrogen-bond acceptors (Lipinski definition) is 6. The third-order valence-corrected chi connectivity index (χ3v) is 2.36. The van der Waals surface area contributed by atoms with E-state index < -0.39 is 10.9 Å². The summed E-state index contributed by atoms with van der Waals surface area (Å²) in [5.41, 5.74) is -0.292. The first-order valence-electron chi connectivity index (χ1n) is 5.05. The van der Waals surface area contributed by atoms with Gasteiger partial charge in [-0.2, -0.15) is 5.10 Å². The third-order valence-electron chi connectivity index (χ3n) is 1.98. The fraction of sp³-hybridized carbons (Fsp3) is 0.556. The minimum absolute atomic E-state index is 0.0636. The van der Waals surface area contributed by atoms with Gasteiger partial charge in [0.15, 0.2) is 5.69 Å². The summed E-state index contributed by atoms with van der Waals surface area (Å²) in [5, 5.41) is 14.5. The normalized spacial score (nSPS) is 10.4. The molecule has 1 aromatic rings. The van der Waals surface area contributed by atoms with E-state index in [1.807, 2.05) is 0 Å². The predicted octanol–water partition coefficient (Wildman–Crippen LogP) is 1.15. The minimum Gasteiger partial charge on any atom is -0.465 e. The van der Waals surface area contributed by atoms with Gasteiger partial charge in [0.25, 0.3) is 0 Å². The fourth-order valence-corrected chi connectivity index (χ4v) is 1.60. The summed E-state index contributed by atoms with van der Waals surface area (Å²) in [6, 6.07) is 0. The zero-order valence-corrected chi connectivity index (χ0v) is 10.6. The Balaban J connectivity index is 3.03. The van der Waals surface area contributed by atoms with Gasteiger partial charge in [-0.3, -0.25) is 14.9 Å². The van der Waals surface area contributed by atoms with Crippen LogP contribution in [-0.4, -0.2) is 34.4 Å².